The van der Waals surface area contributed by atoms with E-state index in [1.807, 2.05) is 30.0 Å². The van der Waals surface area contributed by atoms with E-state index in [9.17, 15) is 0 Å². The molecule has 0 bridgehead atoms. The molecule has 0 aliphatic heterocycles. The second kappa shape index (κ2) is 6.29. The van der Waals surface area contributed by atoms with Crippen molar-refractivity contribution in [3.8, 4) is 6.07 Å². The molecule has 86 valence electrons. The van der Waals surface area contributed by atoms with Crippen molar-refractivity contribution in [2.75, 3.05) is 23.9 Å². The molecule has 16 heavy (non-hydrogen) atoms. The molecule has 0 spiro atoms. The van der Waals surface area contributed by atoms with E-state index in [0.717, 1.165) is 18.7 Å². The minimum Gasteiger partial charge on any atom is -0.398 e. The van der Waals surface area contributed by atoms with Crippen molar-refractivity contribution in [2.45, 2.75) is 18.6 Å². The van der Waals surface area contributed by atoms with E-state index in [-0.39, 0.29) is 0 Å². The molecule has 1 unspecified atom stereocenters. The number of nitrogens with one attached hydrogen (secondary N) is 1. The van der Waals surface area contributed by atoms with Crippen LogP contribution in [0.1, 0.15) is 18.9 Å². The third-order valence-electron chi connectivity index (χ3n) is 2.45. The molecule has 3 N–H and O–H groups in total. The van der Waals surface area contributed by atoms with Gasteiger partial charge in [-0.2, -0.15) is 17.0 Å². The molecule has 0 saturated heterocycles. The van der Waals surface area contributed by atoms with Gasteiger partial charge in [-0.15, -0.1) is 0 Å². The van der Waals surface area contributed by atoms with Gasteiger partial charge < -0.3 is 11.1 Å². The lowest BCUT2D eigenvalue weighted by atomic mass is 10.2. The van der Waals surface area contributed by atoms with Gasteiger partial charge in [0.15, 0.2) is 0 Å². The Kier molecular flexibility index (Phi) is 5.00. The van der Waals surface area contributed by atoms with Gasteiger partial charge in [-0.25, -0.2) is 0 Å². The molecular weight excluding hydrogens is 218 g/mol. The number of hydrogen-bond acceptors (Lipinski definition) is 4. The molecule has 0 fully saturated rings. The summed E-state index contributed by atoms with van der Waals surface area (Å²) in [5.41, 5.74) is 7.76. The molecule has 1 aromatic carbocycles. The Labute approximate surface area is 101 Å². The summed E-state index contributed by atoms with van der Waals surface area (Å²) in [4.78, 5) is 0. The van der Waals surface area contributed by atoms with E-state index in [1.165, 1.54) is 0 Å². The van der Waals surface area contributed by atoms with E-state index in [1.54, 1.807) is 6.07 Å². The minimum atomic E-state index is 0.531. The Bertz CT molecular complexity index is 384. The van der Waals surface area contributed by atoms with Crippen LogP contribution in [0.4, 0.5) is 11.4 Å². The summed E-state index contributed by atoms with van der Waals surface area (Å²) >= 11 is 1.86. The lowest BCUT2D eigenvalue weighted by Gasteiger charge is -2.10. The third-order valence-corrected chi connectivity index (χ3v) is 3.49. The fraction of sp³-hybridized carbons (Fsp3) is 0.417. The van der Waals surface area contributed by atoms with E-state index in [4.69, 9.17) is 11.0 Å². The van der Waals surface area contributed by atoms with E-state index < -0.39 is 0 Å². The number of thioether (sulfide) groups is 1. The summed E-state index contributed by atoms with van der Waals surface area (Å²) in [6.45, 7) is 3.13. The first-order valence-electron chi connectivity index (χ1n) is 5.23. The average molecular weight is 235 g/mol. The quantitative estimate of drug-likeness (QED) is 0.770. The second-order valence-electron chi connectivity index (χ2n) is 3.68. The predicted molar refractivity (Wildman–Crippen MR) is 71.7 cm³/mol. The maximum atomic E-state index is 8.74. The summed E-state index contributed by atoms with van der Waals surface area (Å²) in [6, 6.07) is 7.49. The molecule has 0 aliphatic rings. The Hall–Kier alpha value is -1.34. The van der Waals surface area contributed by atoms with Crippen LogP contribution in [-0.2, 0) is 0 Å². The molecule has 0 aromatic heterocycles. The van der Waals surface area contributed by atoms with Crippen LogP contribution in [0.2, 0.25) is 0 Å². The monoisotopic (exact) mass is 235 g/mol. The van der Waals surface area contributed by atoms with Gasteiger partial charge in [0.05, 0.1) is 11.3 Å². The zero-order valence-corrected chi connectivity index (χ0v) is 10.5. The van der Waals surface area contributed by atoms with Crippen molar-refractivity contribution < 1.29 is 0 Å². The average Bonchev–Trinajstić information content (AvgIpc) is 2.29. The fourth-order valence-electron chi connectivity index (χ4n) is 1.31. The summed E-state index contributed by atoms with van der Waals surface area (Å²) < 4.78 is 0. The SMILES string of the molecule is CSC(C)CCNc1ccc(C#N)c(N)c1. The zero-order chi connectivity index (χ0) is 12.0. The summed E-state index contributed by atoms with van der Waals surface area (Å²) in [5, 5.41) is 12.7. The van der Waals surface area contributed by atoms with Crippen LogP contribution < -0.4 is 11.1 Å². The Morgan fingerprint density at radius 2 is 2.31 bits per heavy atom. The molecule has 0 saturated carbocycles. The number of nitrogens with two attached hydrogens (primary N) is 1. The van der Waals surface area contributed by atoms with Crippen molar-refractivity contribution >= 4 is 23.1 Å². The van der Waals surface area contributed by atoms with Crippen LogP contribution in [-0.4, -0.2) is 18.1 Å². The van der Waals surface area contributed by atoms with E-state index >= 15 is 0 Å². The van der Waals surface area contributed by atoms with Gasteiger partial charge >= 0.3 is 0 Å². The molecule has 0 radical (unpaired) electrons. The zero-order valence-electron chi connectivity index (χ0n) is 9.66. The number of benzene rings is 1. The smallest absolute Gasteiger partial charge is 0.101 e. The molecular formula is C12H17N3S. The standard InChI is InChI=1S/C12H17N3S/c1-9(16-2)5-6-15-11-4-3-10(8-13)12(14)7-11/h3-4,7,9,15H,5-6,14H2,1-2H3. The number of anilines is 2. The van der Waals surface area contributed by atoms with Crippen LogP contribution in [0, 0.1) is 11.3 Å². The fourth-order valence-corrected chi connectivity index (χ4v) is 1.67. The van der Waals surface area contributed by atoms with Gasteiger partial charge in [0.2, 0.25) is 0 Å². The van der Waals surface area contributed by atoms with Gasteiger partial charge in [-0.3, -0.25) is 0 Å². The highest BCUT2D eigenvalue weighted by molar-refractivity contribution is 7.99. The third kappa shape index (κ3) is 3.67. The second-order valence-corrected chi connectivity index (χ2v) is 4.95. The normalized spacial score (nSPS) is 11.8. The van der Waals surface area contributed by atoms with E-state index in [0.29, 0.717) is 16.5 Å². The Balaban J connectivity index is 2.50. The first-order chi connectivity index (χ1) is 7.67. The summed E-state index contributed by atoms with van der Waals surface area (Å²) in [6.07, 6.45) is 3.23. The number of hydrogen-bond donors (Lipinski definition) is 2. The molecule has 0 heterocycles. The van der Waals surface area contributed by atoms with Crippen LogP contribution in [0.15, 0.2) is 18.2 Å². The minimum absolute atomic E-state index is 0.531. The number of nitrogen functional groups attached to an aromatic ring is 1. The number of nitrogens with zero attached hydrogens (tertiary/aromatic N) is 1. The van der Waals surface area contributed by atoms with Gasteiger partial charge in [-0.05, 0) is 30.9 Å². The van der Waals surface area contributed by atoms with Crippen molar-refractivity contribution in [3.05, 3.63) is 23.8 Å². The summed E-state index contributed by atoms with van der Waals surface area (Å²) in [7, 11) is 0. The van der Waals surface area contributed by atoms with Crippen LogP contribution in [0.25, 0.3) is 0 Å². The lowest BCUT2D eigenvalue weighted by molar-refractivity contribution is 0.854. The highest BCUT2D eigenvalue weighted by Crippen LogP contribution is 2.17. The highest BCUT2D eigenvalue weighted by atomic mass is 32.2. The van der Waals surface area contributed by atoms with Crippen LogP contribution in [0.3, 0.4) is 0 Å². The topological polar surface area (TPSA) is 61.8 Å². The molecule has 1 aromatic rings. The predicted octanol–water partition coefficient (Wildman–Crippen LogP) is 2.69. The van der Waals surface area contributed by atoms with Gasteiger partial charge in [0.1, 0.15) is 6.07 Å². The Morgan fingerprint density at radius 3 is 2.88 bits per heavy atom. The first kappa shape index (κ1) is 12.7. The van der Waals surface area contributed by atoms with E-state index in [2.05, 4.69) is 18.5 Å². The first-order valence-corrected chi connectivity index (χ1v) is 6.52. The molecule has 0 aliphatic carbocycles. The lowest BCUT2D eigenvalue weighted by Crippen LogP contribution is -2.08. The molecule has 3 nitrogen and oxygen atoms in total. The highest BCUT2D eigenvalue weighted by Gasteiger charge is 2.01. The number of rotatable bonds is 5. The Morgan fingerprint density at radius 1 is 1.56 bits per heavy atom. The molecule has 1 rings (SSSR count). The van der Waals surface area contributed by atoms with Crippen LogP contribution in [0.5, 0.6) is 0 Å². The van der Waals surface area contributed by atoms with Crippen LogP contribution >= 0.6 is 11.8 Å². The molecule has 0 amide bonds. The molecule has 4 heteroatoms. The molecule has 1 atom stereocenters. The summed E-state index contributed by atoms with van der Waals surface area (Å²) in [5.74, 6) is 0. The van der Waals surface area contributed by atoms with Crippen molar-refractivity contribution in [2.24, 2.45) is 0 Å². The van der Waals surface area contributed by atoms with Crippen molar-refractivity contribution in [1.82, 2.24) is 0 Å². The number of nitriles is 1. The maximum Gasteiger partial charge on any atom is 0.101 e. The van der Waals surface area contributed by atoms with Crippen molar-refractivity contribution in [3.63, 3.8) is 0 Å². The van der Waals surface area contributed by atoms with Gasteiger partial charge in [0.25, 0.3) is 0 Å². The van der Waals surface area contributed by atoms with Crippen molar-refractivity contribution in [1.29, 1.82) is 5.26 Å². The maximum absolute atomic E-state index is 8.74. The van der Waals surface area contributed by atoms with Gasteiger partial charge in [0, 0.05) is 17.5 Å². The van der Waals surface area contributed by atoms with Gasteiger partial charge in [-0.1, -0.05) is 6.92 Å². The largest absolute Gasteiger partial charge is 0.398 e.